The molecule has 3 aromatic carbocycles. The third kappa shape index (κ3) is 5.78. The summed E-state index contributed by atoms with van der Waals surface area (Å²) in [5, 5.41) is 3.98. The summed E-state index contributed by atoms with van der Waals surface area (Å²) in [5.74, 6) is 0.478. The highest BCUT2D eigenvalue weighted by Gasteiger charge is 2.35. The van der Waals surface area contributed by atoms with Crippen LogP contribution in [-0.4, -0.2) is 15.7 Å². The van der Waals surface area contributed by atoms with Crippen molar-refractivity contribution in [2.75, 3.05) is 0 Å². The van der Waals surface area contributed by atoms with E-state index in [0.717, 1.165) is 21.9 Å². The van der Waals surface area contributed by atoms with Gasteiger partial charge in [-0.3, -0.25) is 4.79 Å². The maximum absolute atomic E-state index is 13.3. The number of halogens is 5. The number of alkyl halides is 3. The number of hydrogen-bond donors (Lipinski definition) is 0. The zero-order valence-electron chi connectivity index (χ0n) is 18.1. The number of carbonyl (C=O) groups excluding carboxylic acids is 1. The predicted octanol–water partition coefficient (Wildman–Crippen LogP) is 7.37. The molecule has 0 aliphatic carbocycles. The molecule has 4 rings (SSSR count). The Balaban J connectivity index is 1.54. The Bertz CT molecular complexity index is 1330. The summed E-state index contributed by atoms with van der Waals surface area (Å²) in [7, 11) is 0. The molecule has 0 fully saturated rings. The fourth-order valence-electron chi connectivity index (χ4n) is 3.33. The van der Waals surface area contributed by atoms with Crippen LogP contribution in [0.25, 0.3) is 16.8 Å². The number of nitrogens with zero attached hydrogens (tertiary/aromatic N) is 2. The van der Waals surface area contributed by atoms with Crippen LogP contribution in [-0.2, 0) is 17.6 Å². The number of rotatable bonds is 6. The SMILES string of the molecule is CC(=O)Oc1ccc(-c2ccc(OCc3cc(C(F)(F)F)nn3-c3c(Cl)cccc3Cl)cc2)cc1. The van der Waals surface area contributed by atoms with Crippen LogP contribution in [0.3, 0.4) is 0 Å². The number of benzene rings is 3. The van der Waals surface area contributed by atoms with Gasteiger partial charge in [0.15, 0.2) is 5.69 Å². The van der Waals surface area contributed by atoms with Crippen LogP contribution in [0.5, 0.6) is 11.5 Å². The second-order valence-corrected chi connectivity index (χ2v) is 8.25. The van der Waals surface area contributed by atoms with E-state index >= 15 is 0 Å². The average Bonchev–Trinajstić information content (AvgIpc) is 3.22. The van der Waals surface area contributed by atoms with Crippen molar-refractivity contribution in [1.29, 1.82) is 0 Å². The third-order valence-corrected chi connectivity index (χ3v) is 5.52. The minimum atomic E-state index is -4.65. The summed E-state index contributed by atoms with van der Waals surface area (Å²) >= 11 is 12.4. The fraction of sp³-hybridized carbons (Fsp3) is 0.120. The van der Waals surface area contributed by atoms with Crippen LogP contribution in [0.1, 0.15) is 18.3 Å². The lowest BCUT2D eigenvalue weighted by Gasteiger charge is -2.12. The lowest BCUT2D eigenvalue weighted by atomic mass is 10.1. The first kappa shape index (κ1) is 24.6. The molecule has 0 spiro atoms. The Hall–Kier alpha value is -3.49. The highest BCUT2D eigenvalue weighted by molar-refractivity contribution is 6.37. The van der Waals surface area contributed by atoms with E-state index in [1.807, 2.05) is 0 Å². The average molecular weight is 521 g/mol. The molecule has 35 heavy (non-hydrogen) atoms. The Labute approximate surface area is 208 Å². The second kappa shape index (κ2) is 10.0. The number of para-hydroxylation sites is 1. The van der Waals surface area contributed by atoms with Crippen LogP contribution in [0.15, 0.2) is 72.8 Å². The molecule has 1 heterocycles. The Morgan fingerprint density at radius 1 is 0.914 bits per heavy atom. The van der Waals surface area contributed by atoms with Gasteiger partial charge in [0.2, 0.25) is 0 Å². The van der Waals surface area contributed by atoms with Crippen LogP contribution in [0, 0.1) is 0 Å². The van der Waals surface area contributed by atoms with Gasteiger partial charge in [-0.05, 0) is 53.6 Å². The van der Waals surface area contributed by atoms with Crippen LogP contribution in [0.4, 0.5) is 13.2 Å². The first-order valence-electron chi connectivity index (χ1n) is 10.2. The number of hydrogen-bond acceptors (Lipinski definition) is 4. The summed E-state index contributed by atoms with van der Waals surface area (Å²) in [6.07, 6.45) is -4.65. The summed E-state index contributed by atoms with van der Waals surface area (Å²) in [4.78, 5) is 11.0. The molecular weight excluding hydrogens is 504 g/mol. The molecule has 4 aromatic rings. The molecule has 0 radical (unpaired) electrons. The van der Waals surface area contributed by atoms with E-state index < -0.39 is 17.8 Å². The lowest BCUT2D eigenvalue weighted by Crippen LogP contribution is -2.09. The monoisotopic (exact) mass is 520 g/mol. The van der Waals surface area contributed by atoms with Crippen LogP contribution >= 0.6 is 23.2 Å². The molecule has 0 aliphatic rings. The Kier molecular flexibility index (Phi) is 7.05. The molecule has 10 heteroatoms. The van der Waals surface area contributed by atoms with Crippen LogP contribution < -0.4 is 9.47 Å². The van der Waals surface area contributed by atoms with Gasteiger partial charge in [0.25, 0.3) is 0 Å². The Morgan fingerprint density at radius 3 is 1.97 bits per heavy atom. The van der Waals surface area contributed by atoms with Crippen molar-refractivity contribution < 1.29 is 27.4 Å². The molecular formula is C25H17Cl2F3N2O3. The van der Waals surface area contributed by atoms with E-state index in [1.54, 1.807) is 54.6 Å². The molecule has 0 saturated carbocycles. The van der Waals surface area contributed by atoms with Gasteiger partial charge in [0.05, 0.1) is 15.7 Å². The first-order valence-corrected chi connectivity index (χ1v) is 11.0. The predicted molar refractivity (Wildman–Crippen MR) is 126 cm³/mol. The zero-order valence-corrected chi connectivity index (χ0v) is 19.7. The molecule has 0 amide bonds. The van der Waals surface area contributed by atoms with Gasteiger partial charge < -0.3 is 9.47 Å². The van der Waals surface area contributed by atoms with Gasteiger partial charge in [-0.2, -0.15) is 18.3 Å². The number of ether oxygens (including phenoxy) is 2. The fourth-order valence-corrected chi connectivity index (χ4v) is 3.89. The van der Waals surface area contributed by atoms with E-state index in [9.17, 15) is 18.0 Å². The van der Waals surface area contributed by atoms with E-state index in [0.29, 0.717) is 11.5 Å². The van der Waals surface area contributed by atoms with Gasteiger partial charge in [-0.25, -0.2) is 4.68 Å². The topological polar surface area (TPSA) is 53.4 Å². The van der Waals surface area contributed by atoms with Gasteiger partial charge in [0.1, 0.15) is 23.8 Å². The van der Waals surface area contributed by atoms with Crippen molar-refractivity contribution in [1.82, 2.24) is 9.78 Å². The maximum atomic E-state index is 13.3. The molecule has 0 bridgehead atoms. The highest BCUT2D eigenvalue weighted by Crippen LogP contribution is 2.34. The molecule has 0 saturated heterocycles. The number of esters is 1. The van der Waals surface area contributed by atoms with Crippen LogP contribution in [0.2, 0.25) is 10.0 Å². The smallest absolute Gasteiger partial charge is 0.435 e. The minimum absolute atomic E-state index is 0.123. The summed E-state index contributed by atoms with van der Waals surface area (Å²) < 4.78 is 51.9. The largest absolute Gasteiger partial charge is 0.487 e. The van der Waals surface area contributed by atoms with Crippen molar-refractivity contribution in [2.24, 2.45) is 0 Å². The Morgan fingerprint density at radius 2 is 1.46 bits per heavy atom. The van der Waals surface area contributed by atoms with Crippen molar-refractivity contribution in [3.8, 4) is 28.3 Å². The third-order valence-electron chi connectivity index (χ3n) is 4.91. The van der Waals surface area contributed by atoms with Gasteiger partial charge in [-0.15, -0.1) is 0 Å². The normalized spacial score (nSPS) is 11.4. The van der Waals surface area contributed by atoms with Crippen molar-refractivity contribution in [2.45, 2.75) is 19.7 Å². The minimum Gasteiger partial charge on any atom is -0.487 e. The highest BCUT2D eigenvalue weighted by atomic mass is 35.5. The number of aromatic nitrogens is 2. The molecule has 5 nitrogen and oxygen atoms in total. The quantitative estimate of drug-likeness (QED) is 0.196. The number of carbonyl (C=O) groups is 1. The summed E-state index contributed by atoms with van der Waals surface area (Å²) in [6, 6.07) is 19.5. The molecule has 1 aromatic heterocycles. The molecule has 0 atom stereocenters. The molecule has 0 aliphatic heterocycles. The van der Waals surface area contributed by atoms with E-state index in [1.165, 1.54) is 19.1 Å². The van der Waals surface area contributed by atoms with Crippen molar-refractivity contribution >= 4 is 29.2 Å². The lowest BCUT2D eigenvalue weighted by molar-refractivity contribution is -0.141. The summed E-state index contributed by atoms with van der Waals surface area (Å²) in [5.41, 5.74) is 0.933. The van der Waals surface area contributed by atoms with Crippen molar-refractivity contribution in [3.63, 3.8) is 0 Å². The standard InChI is InChI=1S/C25H17Cl2F3N2O3/c1-15(33)35-20-11-7-17(8-12-20)16-5-9-19(10-6-16)34-14-18-13-23(25(28,29)30)31-32(18)24-21(26)3-2-4-22(24)27/h2-13H,14H2,1H3. The first-order chi connectivity index (χ1) is 16.6. The molecule has 180 valence electrons. The van der Waals surface area contributed by atoms with Crippen molar-refractivity contribution in [3.05, 3.63) is 94.2 Å². The van der Waals surface area contributed by atoms with Gasteiger partial charge >= 0.3 is 12.1 Å². The second-order valence-electron chi connectivity index (χ2n) is 7.43. The van der Waals surface area contributed by atoms with E-state index in [4.69, 9.17) is 32.7 Å². The molecule has 0 unspecified atom stereocenters. The van der Waals surface area contributed by atoms with E-state index in [-0.39, 0.29) is 28.0 Å². The molecule has 0 N–H and O–H groups in total. The zero-order chi connectivity index (χ0) is 25.2. The maximum Gasteiger partial charge on any atom is 0.435 e. The van der Waals surface area contributed by atoms with E-state index in [2.05, 4.69) is 5.10 Å². The van der Waals surface area contributed by atoms with Gasteiger partial charge in [-0.1, -0.05) is 53.5 Å². The summed E-state index contributed by atoms with van der Waals surface area (Å²) in [6.45, 7) is 1.12. The van der Waals surface area contributed by atoms with Gasteiger partial charge in [0, 0.05) is 6.92 Å².